The third-order valence-corrected chi connectivity index (χ3v) is 2.64. The molecule has 0 aromatic heterocycles. The molecular formula is C12H14N2O3. The molecule has 0 fully saturated rings. The van der Waals surface area contributed by atoms with E-state index in [1.807, 2.05) is 25.1 Å². The van der Waals surface area contributed by atoms with Gasteiger partial charge in [0.05, 0.1) is 5.69 Å². The summed E-state index contributed by atoms with van der Waals surface area (Å²) in [5.41, 5.74) is 6.84. The number of anilines is 1. The number of nitrogens with zero attached hydrogens (tertiary/aromatic N) is 1. The molecule has 0 unspecified atom stereocenters. The number of nitrogens with two attached hydrogens (primary N) is 1. The van der Waals surface area contributed by atoms with Gasteiger partial charge in [-0.25, -0.2) is 0 Å². The SMILES string of the molecule is Cc1ccc2c(c1)N(CCC(N)=O)C(=O)CO2. The second kappa shape index (κ2) is 4.45. The van der Waals surface area contributed by atoms with E-state index in [4.69, 9.17) is 10.5 Å². The molecule has 0 saturated heterocycles. The number of carbonyl (C=O) groups excluding carboxylic acids is 2. The van der Waals surface area contributed by atoms with Crippen LogP contribution >= 0.6 is 0 Å². The van der Waals surface area contributed by atoms with Crippen LogP contribution in [0.15, 0.2) is 18.2 Å². The monoisotopic (exact) mass is 234 g/mol. The molecule has 1 heterocycles. The lowest BCUT2D eigenvalue weighted by molar-refractivity contribution is -0.121. The number of aryl methyl sites for hydroxylation is 1. The van der Waals surface area contributed by atoms with Crippen molar-refractivity contribution in [3.05, 3.63) is 23.8 Å². The topological polar surface area (TPSA) is 72.6 Å². The van der Waals surface area contributed by atoms with E-state index in [2.05, 4.69) is 0 Å². The van der Waals surface area contributed by atoms with Crippen molar-refractivity contribution in [3.8, 4) is 5.75 Å². The van der Waals surface area contributed by atoms with Crippen molar-refractivity contribution in [2.45, 2.75) is 13.3 Å². The van der Waals surface area contributed by atoms with Gasteiger partial charge in [0.25, 0.3) is 5.91 Å². The van der Waals surface area contributed by atoms with Gasteiger partial charge in [0.2, 0.25) is 5.91 Å². The fourth-order valence-electron chi connectivity index (χ4n) is 1.78. The van der Waals surface area contributed by atoms with E-state index in [1.54, 1.807) is 4.90 Å². The van der Waals surface area contributed by atoms with Gasteiger partial charge in [0.1, 0.15) is 5.75 Å². The molecule has 90 valence electrons. The van der Waals surface area contributed by atoms with Crippen LogP contribution in [0.4, 0.5) is 5.69 Å². The number of amides is 2. The van der Waals surface area contributed by atoms with Crippen molar-refractivity contribution in [1.82, 2.24) is 0 Å². The van der Waals surface area contributed by atoms with Crippen LogP contribution in [0.3, 0.4) is 0 Å². The smallest absolute Gasteiger partial charge is 0.265 e. The number of primary amides is 1. The van der Waals surface area contributed by atoms with Crippen LogP contribution in [0.1, 0.15) is 12.0 Å². The molecule has 5 nitrogen and oxygen atoms in total. The maximum atomic E-state index is 11.7. The van der Waals surface area contributed by atoms with Crippen molar-refractivity contribution >= 4 is 17.5 Å². The molecule has 2 rings (SSSR count). The van der Waals surface area contributed by atoms with E-state index in [9.17, 15) is 9.59 Å². The van der Waals surface area contributed by atoms with E-state index < -0.39 is 5.91 Å². The minimum Gasteiger partial charge on any atom is -0.482 e. The predicted octanol–water partition coefficient (Wildman–Crippen LogP) is 0.596. The van der Waals surface area contributed by atoms with Crippen molar-refractivity contribution in [2.75, 3.05) is 18.1 Å². The fourth-order valence-corrected chi connectivity index (χ4v) is 1.78. The fraction of sp³-hybridized carbons (Fsp3) is 0.333. The Morgan fingerprint density at radius 2 is 2.29 bits per heavy atom. The van der Waals surface area contributed by atoms with Crippen LogP contribution in [-0.2, 0) is 9.59 Å². The molecule has 1 aliphatic rings. The highest BCUT2D eigenvalue weighted by molar-refractivity contribution is 5.98. The van der Waals surface area contributed by atoms with Gasteiger partial charge in [-0.15, -0.1) is 0 Å². The summed E-state index contributed by atoms with van der Waals surface area (Å²) in [5, 5.41) is 0. The number of carbonyl (C=O) groups is 2. The number of rotatable bonds is 3. The summed E-state index contributed by atoms with van der Waals surface area (Å²) in [7, 11) is 0. The van der Waals surface area contributed by atoms with E-state index >= 15 is 0 Å². The molecule has 0 saturated carbocycles. The lowest BCUT2D eigenvalue weighted by Crippen LogP contribution is -2.40. The first-order valence-corrected chi connectivity index (χ1v) is 5.40. The third-order valence-electron chi connectivity index (χ3n) is 2.64. The molecular weight excluding hydrogens is 220 g/mol. The molecule has 1 aliphatic heterocycles. The third kappa shape index (κ3) is 2.38. The second-order valence-electron chi connectivity index (χ2n) is 4.02. The van der Waals surface area contributed by atoms with Gasteiger partial charge in [-0.05, 0) is 24.6 Å². The minimum absolute atomic E-state index is 0.00875. The highest BCUT2D eigenvalue weighted by Gasteiger charge is 2.25. The number of fused-ring (bicyclic) bond motifs is 1. The van der Waals surface area contributed by atoms with Gasteiger partial charge in [0, 0.05) is 13.0 Å². The zero-order valence-electron chi connectivity index (χ0n) is 9.60. The Bertz CT molecular complexity index is 471. The van der Waals surface area contributed by atoms with Gasteiger partial charge >= 0.3 is 0 Å². The molecule has 0 spiro atoms. The lowest BCUT2D eigenvalue weighted by atomic mass is 10.1. The minimum atomic E-state index is -0.418. The zero-order chi connectivity index (χ0) is 12.4. The summed E-state index contributed by atoms with van der Waals surface area (Å²) in [5.74, 6) is 0.0996. The first-order valence-electron chi connectivity index (χ1n) is 5.40. The Morgan fingerprint density at radius 3 is 3.00 bits per heavy atom. The van der Waals surface area contributed by atoms with Gasteiger partial charge in [-0.3, -0.25) is 9.59 Å². The number of ether oxygens (including phenoxy) is 1. The zero-order valence-corrected chi connectivity index (χ0v) is 9.60. The van der Waals surface area contributed by atoms with E-state index in [-0.39, 0.29) is 18.9 Å². The summed E-state index contributed by atoms with van der Waals surface area (Å²) < 4.78 is 5.32. The number of hydrogen-bond donors (Lipinski definition) is 1. The molecule has 2 amide bonds. The second-order valence-corrected chi connectivity index (χ2v) is 4.02. The van der Waals surface area contributed by atoms with Crippen LogP contribution in [0.5, 0.6) is 5.75 Å². The molecule has 0 radical (unpaired) electrons. The molecule has 5 heteroatoms. The average Bonchev–Trinajstić information content (AvgIpc) is 2.27. The summed E-state index contributed by atoms with van der Waals surface area (Å²) >= 11 is 0. The summed E-state index contributed by atoms with van der Waals surface area (Å²) in [4.78, 5) is 24.1. The van der Waals surface area contributed by atoms with Crippen LogP contribution in [0, 0.1) is 6.92 Å². The Morgan fingerprint density at radius 1 is 1.53 bits per heavy atom. The van der Waals surface area contributed by atoms with Crippen LogP contribution in [0.2, 0.25) is 0 Å². The summed E-state index contributed by atoms with van der Waals surface area (Å²) in [6, 6.07) is 5.61. The molecule has 0 atom stereocenters. The molecule has 0 aliphatic carbocycles. The Balaban J connectivity index is 2.28. The van der Waals surface area contributed by atoms with Crippen LogP contribution < -0.4 is 15.4 Å². The lowest BCUT2D eigenvalue weighted by Gasteiger charge is -2.29. The molecule has 17 heavy (non-hydrogen) atoms. The van der Waals surface area contributed by atoms with E-state index in [0.29, 0.717) is 18.0 Å². The van der Waals surface area contributed by atoms with Crippen molar-refractivity contribution in [2.24, 2.45) is 5.73 Å². The largest absolute Gasteiger partial charge is 0.482 e. The number of benzene rings is 1. The van der Waals surface area contributed by atoms with Crippen molar-refractivity contribution in [3.63, 3.8) is 0 Å². The van der Waals surface area contributed by atoms with Gasteiger partial charge in [-0.1, -0.05) is 6.07 Å². The molecule has 1 aromatic carbocycles. The standard InChI is InChI=1S/C12H14N2O3/c1-8-2-3-10-9(6-8)14(5-4-11(13)15)12(16)7-17-10/h2-3,6H,4-5,7H2,1H3,(H2,13,15). The van der Waals surface area contributed by atoms with Gasteiger partial charge in [0.15, 0.2) is 6.61 Å². The first-order chi connectivity index (χ1) is 8.08. The Hall–Kier alpha value is -2.04. The van der Waals surface area contributed by atoms with Gasteiger partial charge < -0.3 is 15.4 Å². The van der Waals surface area contributed by atoms with Crippen LogP contribution in [0.25, 0.3) is 0 Å². The first kappa shape index (κ1) is 11.4. The van der Waals surface area contributed by atoms with Gasteiger partial charge in [-0.2, -0.15) is 0 Å². The Kier molecular flexibility index (Phi) is 2.99. The normalized spacial score (nSPS) is 14.2. The summed E-state index contributed by atoms with van der Waals surface area (Å²) in [6.45, 7) is 2.24. The van der Waals surface area contributed by atoms with Crippen molar-refractivity contribution < 1.29 is 14.3 Å². The number of hydrogen-bond acceptors (Lipinski definition) is 3. The predicted molar refractivity (Wildman–Crippen MR) is 62.8 cm³/mol. The maximum absolute atomic E-state index is 11.7. The molecule has 0 bridgehead atoms. The highest BCUT2D eigenvalue weighted by Crippen LogP contribution is 2.32. The molecule has 1 aromatic rings. The Labute approximate surface area is 99.2 Å². The van der Waals surface area contributed by atoms with Crippen molar-refractivity contribution in [1.29, 1.82) is 0 Å². The highest BCUT2D eigenvalue weighted by atomic mass is 16.5. The quantitative estimate of drug-likeness (QED) is 0.832. The molecule has 2 N–H and O–H groups in total. The maximum Gasteiger partial charge on any atom is 0.265 e. The van der Waals surface area contributed by atoms with E-state index in [0.717, 1.165) is 5.56 Å². The average molecular weight is 234 g/mol. The van der Waals surface area contributed by atoms with Crippen LogP contribution in [-0.4, -0.2) is 25.0 Å². The van der Waals surface area contributed by atoms with E-state index in [1.165, 1.54) is 0 Å². The summed E-state index contributed by atoms with van der Waals surface area (Å²) in [6.07, 6.45) is 0.152.